The zero-order valence-electron chi connectivity index (χ0n) is 12.4. The highest BCUT2D eigenvalue weighted by Gasteiger charge is 2.59. The summed E-state index contributed by atoms with van der Waals surface area (Å²) in [5.41, 5.74) is -1.35. The summed E-state index contributed by atoms with van der Waals surface area (Å²) in [6, 6.07) is 0. The van der Waals surface area contributed by atoms with Crippen LogP contribution >= 0.6 is 0 Å². The molecule has 1 saturated heterocycles. The van der Waals surface area contributed by atoms with Gasteiger partial charge < -0.3 is 14.6 Å². The van der Waals surface area contributed by atoms with Crippen LogP contribution in [-0.4, -0.2) is 41.3 Å². The third kappa shape index (κ3) is 2.29. The second-order valence-electron chi connectivity index (χ2n) is 6.19. The average Bonchev–Trinajstić information content (AvgIpc) is 2.31. The first-order chi connectivity index (χ1) is 9.23. The summed E-state index contributed by atoms with van der Waals surface area (Å²) < 4.78 is 11.0. The first-order valence-corrected chi connectivity index (χ1v) is 6.98. The van der Waals surface area contributed by atoms with Crippen LogP contribution < -0.4 is 0 Å². The lowest BCUT2D eigenvalue weighted by Crippen LogP contribution is -2.62. The number of hydrogen-bond acceptors (Lipinski definition) is 5. The molecule has 3 atom stereocenters. The highest BCUT2D eigenvalue weighted by atomic mass is 16.5. The average molecular weight is 282 g/mol. The summed E-state index contributed by atoms with van der Waals surface area (Å²) in [5.74, 6) is -0.570. The number of ketones is 1. The van der Waals surface area contributed by atoms with E-state index in [1.165, 1.54) is 0 Å². The third-order valence-corrected chi connectivity index (χ3v) is 4.13. The van der Waals surface area contributed by atoms with Crippen molar-refractivity contribution in [2.24, 2.45) is 5.41 Å². The third-order valence-electron chi connectivity index (χ3n) is 4.13. The van der Waals surface area contributed by atoms with E-state index in [0.717, 1.165) is 0 Å². The van der Waals surface area contributed by atoms with Crippen molar-refractivity contribution in [1.82, 2.24) is 0 Å². The molecule has 0 radical (unpaired) electrons. The summed E-state index contributed by atoms with van der Waals surface area (Å²) >= 11 is 0. The molecule has 2 aliphatic rings. The Bertz CT molecular complexity index is 465. The Hall–Kier alpha value is -1.20. The van der Waals surface area contributed by atoms with Crippen molar-refractivity contribution < 1.29 is 24.2 Å². The van der Waals surface area contributed by atoms with E-state index < -0.39 is 29.2 Å². The quantitative estimate of drug-likeness (QED) is 0.775. The molecule has 0 bridgehead atoms. The Balaban J connectivity index is 2.49. The molecule has 5 heteroatoms. The van der Waals surface area contributed by atoms with Gasteiger partial charge in [0.25, 0.3) is 0 Å². The Morgan fingerprint density at radius 1 is 1.55 bits per heavy atom. The van der Waals surface area contributed by atoms with Gasteiger partial charge in [0, 0.05) is 12.8 Å². The topological polar surface area (TPSA) is 72.8 Å². The van der Waals surface area contributed by atoms with Crippen LogP contribution in [0.15, 0.2) is 11.6 Å². The first-order valence-electron chi connectivity index (χ1n) is 6.98. The summed E-state index contributed by atoms with van der Waals surface area (Å²) in [6.45, 7) is 7.30. The minimum Gasteiger partial charge on any atom is -0.465 e. The minimum absolute atomic E-state index is 0.0557. The molecule has 112 valence electrons. The van der Waals surface area contributed by atoms with Crippen LogP contribution in [0.3, 0.4) is 0 Å². The highest BCUT2D eigenvalue weighted by Crippen LogP contribution is 2.47. The zero-order valence-corrected chi connectivity index (χ0v) is 12.4. The van der Waals surface area contributed by atoms with Gasteiger partial charge in [0.1, 0.15) is 5.41 Å². The monoisotopic (exact) mass is 282 g/mol. The molecule has 1 fully saturated rings. The molecule has 0 amide bonds. The number of aliphatic hydroxyl groups excluding tert-OH is 1. The van der Waals surface area contributed by atoms with Crippen LogP contribution in [0.25, 0.3) is 0 Å². The fourth-order valence-corrected chi connectivity index (χ4v) is 3.13. The number of rotatable bonds is 2. The lowest BCUT2D eigenvalue weighted by Gasteiger charge is -2.50. The number of hydrogen-bond donors (Lipinski definition) is 1. The number of allylic oxidation sites excluding steroid dienone is 1. The smallest absolute Gasteiger partial charge is 0.321 e. The van der Waals surface area contributed by atoms with Crippen molar-refractivity contribution in [3.63, 3.8) is 0 Å². The molecule has 1 N–H and O–H groups in total. The fraction of sp³-hybridized carbons (Fsp3) is 0.733. The maximum atomic E-state index is 12.4. The number of Topliss-reactive ketones (excluding diaryl/α,β-unsaturated/α-hetero) is 1. The Morgan fingerprint density at radius 2 is 2.20 bits per heavy atom. The van der Waals surface area contributed by atoms with Gasteiger partial charge >= 0.3 is 5.97 Å². The maximum absolute atomic E-state index is 12.4. The van der Waals surface area contributed by atoms with Crippen LogP contribution in [0.2, 0.25) is 0 Å². The first kappa shape index (κ1) is 15.2. The van der Waals surface area contributed by atoms with E-state index in [9.17, 15) is 14.7 Å². The fourth-order valence-electron chi connectivity index (χ4n) is 3.13. The standard InChI is InChI=1S/C15H22O5/c1-5-19-13(18)15-7-9(2)10(16)6-12(15)20-14(3,4)8-11(15)17/h7,11-12,17H,5-6,8H2,1-4H3/t11-,12?,15+/m1/s1. The molecule has 1 aliphatic heterocycles. The second-order valence-corrected chi connectivity index (χ2v) is 6.19. The van der Waals surface area contributed by atoms with Gasteiger partial charge in [-0.1, -0.05) is 6.08 Å². The van der Waals surface area contributed by atoms with Gasteiger partial charge in [-0.05, 0) is 33.3 Å². The second kappa shape index (κ2) is 4.97. The Morgan fingerprint density at radius 3 is 2.80 bits per heavy atom. The van der Waals surface area contributed by atoms with Crippen molar-refractivity contribution >= 4 is 11.8 Å². The molecular weight excluding hydrogens is 260 g/mol. The van der Waals surface area contributed by atoms with E-state index in [4.69, 9.17) is 9.47 Å². The van der Waals surface area contributed by atoms with Crippen LogP contribution in [0, 0.1) is 5.41 Å². The van der Waals surface area contributed by atoms with Crippen LogP contribution in [0.4, 0.5) is 0 Å². The number of esters is 1. The lowest BCUT2D eigenvalue weighted by atomic mass is 9.65. The summed E-state index contributed by atoms with van der Waals surface area (Å²) in [4.78, 5) is 24.3. The molecule has 0 spiro atoms. The van der Waals surface area contributed by atoms with E-state index in [0.29, 0.717) is 12.0 Å². The van der Waals surface area contributed by atoms with E-state index in [2.05, 4.69) is 0 Å². The van der Waals surface area contributed by atoms with Crippen LogP contribution in [0.1, 0.15) is 40.5 Å². The maximum Gasteiger partial charge on any atom is 0.321 e. The molecule has 0 aromatic carbocycles. The molecule has 0 aromatic heterocycles. The largest absolute Gasteiger partial charge is 0.465 e. The number of ether oxygens (including phenoxy) is 2. The molecular formula is C15H22O5. The van der Waals surface area contributed by atoms with Crippen molar-refractivity contribution in [3.8, 4) is 0 Å². The van der Waals surface area contributed by atoms with Gasteiger partial charge in [0.15, 0.2) is 5.78 Å². The lowest BCUT2D eigenvalue weighted by molar-refractivity contribution is -0.220. The molecule has 20 heavy (non-hydrogen) atoms. The molecule has 1 aliphatic carbocycles. The number of aliphatic hydroxyl groups is 1. The Labute approximate surface area is 118 Å². The number of carbonyl (C=O) groups is 2. The number of carbonyl (C=O) groups excluding carboxylic acids is 2. The molecule has 5 nitrogen and oxygen atoms in total. The van der Waals surface area contributed by atoms with Crippen molar-refractivity contribution in [1.29, 1.82) is 0 Å². The van der Waals surface area contributed by atoms with Gasteiger partial charge in [0.05, 0.1) is 24.4 Å². The van der Waals surface area contributed by atoms with Gasteiger partial charge in [-0.15, -0.1) is 0 Å². The predicted molar refractivity (Wildman–Crippen MR) is 72.0 cm³/mol. The van der Waals surface area contributed by atoms with Gasteiger partial charge in [-0.3, -0.25) is 9.59 Å². The molecule has 0 aromatic rings. The van der Waals surface area contributed by atoms with E-state index in [1.54, 1.807) is 19.9 Å². The Kier molecular flexibility index (Phi) is 3.77. The van der Waals surface area contributed by atoms with E-state index in [1.807, 2.05) is 13.8 Å². The summed E-state index contributed by atoms with van der Waals surface area (Å²) in [5, 5.41) is 10.6. The molecule has 1 unspecified atom stereocenters. The van der Waals surface area contributed by atoms with Crippen LogP contribution in [-0.2, 0) is 19.1 Å². The zero-order chi connectivity index (χ0) is 15.1. The summed E-state index contributed by atoms with van der Waals surface area (Å²) in [6.07, 6.45) is 0.374. The van der Waals surface area contributed by atoms with Gasteiger partial charge in [-0.2, -0.15) is 0 Å². The van der Waals surface area contributed by atoms with Crippen molar-refractivity contribution in [2.45, 2.75) is 58.3 Å². The van der Waals surface area contributed by atoms with E-state index in [-0.39, 0.29) is 18.8 Å². The predicted octanol–water partition coefficient (Wildman–Crippen LogP) is 1.38. The van der Waals surface area contributed by atoms with Crippen molar-refractivity contribution in [3.05, 3.63) is 11.6 Å². The van der Waals surface area contributed by atoms with E-state index >= 15 is 0 Å². The highest BCUT2D eigenvalue weighted by molar-refractivity contribution is 5.99. The molecule has 0 saturated carbocycles. The minimum atomic E-state index is -1.26. The van der Waals surface area contributed by atoms with Gasteiger partial charge in [-0.25, -0.2) is 0 Å². The summed E-state index contributed by atoms with van der Waals surface area (Å²) in [7, 11) is 0. The van der Waals surface area contributed by atoms with Crippen LogP contribution in [0.5, 0.6) is 0 Å². The normalized spacial score (nSPS) is 36.0. The van der Waals surface area contributed by atoms with Gasteiger partial charge in [0.2, 0.25) is 0 Å². The molecule has 1 heterocycles. The number of fused-ring (bicyclic) bond motifs is 1. The SMILES string of the molecule is CCOC(=O)[C@]12C=C(C)C(=O)CC1OC(C)(C)C[C@H]2O. The molecule has 2 rings (SSSR count). The van der Waals surface area contributed by atoms with Crippen molar-refractivity contribution in [2.75, 3.05) is 6.61 Å².